The minimum atomic E-state index is -0.764. The highest BCUT2D eigenvalue weighted by atomic mass is 16.4. The summed E-state index contributed by atoms with van der Waals surface area (Å²) in [6, 6.07) is 0. The van der Waals surface area contributed by atoms with E-state index >= 15 is 0 Å². The van der Waals surface area contributed by atoms with Crippen LogP contribution in [-0.4, -0.2) is 17.0 Å². The van der Waals surface area contributed by atoms with Crippen LogP contribution in [0.15, 0.2) is 5.57 Å². The normalized spacial score (nSPS) is 19.5. The molecule has 0 heterocycles. The Balaban J connectivity index is 2.79. The molecule has 3 nitrogen and oxygen atoms in total. The maximum atomic E-state index is 11.0. The van der Waals surface area contributed by atoms with Gasteiger partial charge in [0, 0.05) is 5.57 Å². The lowest BCUT2D eigenvalue weighted by Crippen LogP contribution is -2.27. The molecule has 1 aliphatic rings. The van der Waals surface area contributed by atoms with Crippen molar-refractivity contribution in [3.63, 3.8) is 0 Å². The molecule has 0 radical (unpaired) electrons. The Labute approximate surface area is 77.4 Å². The van der Waals surface area contributed by atoms with Gasteiger partial charge in [-0.05, 0) is 26.2 Å². The maximum Gasteiger partial charge on any atom is 0.309 e. The summed E-state index contributed by atoms with van der Waals surface area (Å²) < 4.78 is 0. The van der Waals surface area contributed by atoms with Crippen LogP contribution in [0.5, 0.6) is 0 Å². The first-order valence-electron chi connectivity index (χ1n) is 4.55. The molecule has 1 N–H and O–H groups in total. The van der Waals surface area contributed by atoms with Crippen LogP contribution in [0.1, 0.15) is 39.0 Å². The first kappa shape index (κ1) is 10.0. The number of carboxylic acids is 1. The third kappa shape index (κ3) is 1.99. The molecule has 3 heteroatoms. The zero-order valence-corrected chi connectivity index (χ0v) is 7.80. The zero-order chi connectivity index (χ0) is 9.90. The molecule has 1 saturated carbocycles. The van der Waals surface area contributed by atoms with Gasteiger partial charge in [0.15, 0.2) is 0 Å². The number of rotatable bonds is 3. The van der Waals surface area contributed by atoms with Gasteiger partial charge in [-0.2, -0.15) is 0 Å². The fraction of sp³-hybridized carbons (Fsp3) is 0.700. The van der Waals surface area contributed by atoms with Gasteiger partial charge in [-0.15, -0.1) is 0 Å². The predicted octanol–water partition coefficient (Wildman–Crippen LogP) is 1.80. The minimum absolute atomic E-state index is 0.367. The van der Waals surface area contributed by atoms with Crippen LogP contribution in [0, 0.1) is 5.41 Å². The van der Waals surface area contributed by atoms with Gasteiger partial charge in [0.2, 0.25) is 0 Å². The van der Waals surface area contributed by atoms with Gasteiger partial charge < -0.3 is 5.11 Å². The largest absolute Gasteiger partial charge is 0.481 e. The van der Waals surface area contributed by atoms with E-state index in [2.05, 4.69) is 0 Å². The standard InChI is InChI=1S/C10H14O3/c1-8(7-11)6-10(9(12)13)4-2-3-5-10/h2-6H2,1H3,(H,12,13). The molecular formula is C10H14O3. The highest BCUT2D eigenvalue weighted by Crippen LogP contribution is 2.42. The maximum absolute atomic E-state index is 11.0. The quantitative estimate of drug-likeness (QED) is 0.677. The average Bonchev–Trinajstić information content (AvgIpc) is 2.54. The van der Waals surface area contributed by atoms with Crippen LogP contribution < -0.4 is 0 Å². The summed E-state index contributed by atoms with van der Waals surface area (Å²) in [5.41, 5.74) is -0.147. The van der Waals surface area contributed by atoms with Crippen molar-refractivity contribution in [2.24, 2.45) is 5.41 Å². The second-order valence-corrected chi connectivity index (χ2v) is 3.85. The Kier molecular flexibility index (Phi) is 2.89. The van der Waals surface area contributed by atoms with Crippen molar-refractivity contribution in [3.8, 4) is 0 Å². The molecular weight excluding hydrogens is 168 g/mol. The fourth-order valence-corrected chi connectivity index (χ4v) is 2.06. The Morgan fingerprint density at radius 2 is 2.00 bits per heavy atom. The third-order valence-electron chi connectivity index (χ3n) is 2.79. The van der Waals surface area contributed by atoms with Crippen molar-refractivity contribution in [3.05, 3.63) is 5.57 Å². The number of carboxylic acid groups (broad SMARTS) is 1. The molecule has 0 aromatic rings. The number of carbonyl (C=O) groups is 1. The molecule has 0 amide bonds. The Morgan fingerprint density at radius 1 is 1.46 bits per heavy atom. The molecule has 1 fully saturated rings. The summed E-state index contributed by atoms with van der Waals surface area (Å²) in [7, 11) is 0. The summed E-state index contributed by atoms with van der Waals surface area (Å²) in [6.45, 7) is 1.65. The topological polar surface area (TPSA) is 54.4 Å². The zero-order valence-electron chi connectivity index (χ0n) is 7.80. The molecule has 72 valence electrons. The van der Waals surface area contributed by atoms with E-state index in [1.54, 1.807) is 12.9 Å². The van der Waals surface area contributed by atoms with Crippen LogP contribution >= 0.6 is 0 Å². The number of hydrogen-bond acceptors (Lipinski definition) is 2. The van der Waals surface area contributed by atoms with E-state index in [-0.39, 0.29) is 0 Å². The molecule has 0 aliphatic heterocycles. The van der Waals surface area contributed by atoms with E-state index in [9.17, 15) is 9.59 Å². The van der Waals surface area contributed by atoms with Gasteiger partial charge in [-0.3, -0.25) is 4.79 Å². The Bertz CT molecular complexity index is 255. The summed E-state index contributed by atoms with van der Waals surface area (Å²) in [4.78, 5) is 21.3. The van der Waals surface area contributed by atoms with E-state index in [1.807, 2.05) is 0 Å². The van der Waals surface area contributed by atoms with Gasteiger partial charge in [-0.25, -0.2) is 4.79 Å². The van der Waals surface area contributed by atoms with Crippen molar-refractivity contribution in [1.29, 1.82) is 0 Å². The lowest BCUT2D eigenvalue weighted by molar-refractivity contribution is -0.148. The molecule has 0 saturated heterocycles. The van der Waals surface area contributed by atoms with E-state index in [4.69, 9.17) is 5.11 Å². The average molecular weight is 182 g/mol. The SMILES string of the molecule is CC(=C=O)CC1(C(=O)O)CCCC1. The predicted molar refractivity (Wildman–Crippen MR) is 48.0 cm³/mol. The highest BCUT2D eigenvalue weighted by Gasteiger charge is 2.41. The smallest absolute Gasteiger partial charge is 0.309 e. The number of carbonyl (C=O) groups excluding carboxylic acids is 1. The van der Waals surface area contributed by atoms with Crippen molar-refractivity contribution < 1.29 is 14.7 Å². The van der Waals surface area contributed by atoms with E-state index in [0.717, 1.165) is 12.8 Å². The second kappa shape index (κ2) is 3.75. The number of allylic oxidation sites excluding steroid dienone is 1. The molecule has 1 aliphatic carbocycles. The van der Waals surface area contributed by atoms with Gasteiger partial charge >= 0.3 is 5.97 Å². The summed E-state index contributed by atoms with van der Waals surface area (Å²) in [5.74, 6) is 1.01. The summed E-state index contributed by atoms with van der Waals surface area (Å²) >= 11 is 0. The lowest BCUT2D eigenvalue weighted by atomic mass is 9.80. The monoisotopic (exact) mass is 182 g/mol. The van der Waals surface area contributed by atoms with Crippen molar-refractivity contribution in [2.75, 3.05) is 0 Å². The van der Waals surface area contributed by atoms with Crippen LogP contribution in [0.3, 0.4) is 0 Å². The minimum Gasteiger partial charge on any atom is -0.481 e. The van der Waals surface area contributed by atoms with Crippen LogP contribution in [0.4, 0.5) is 0 Å². The third-order valence-corrected chi connectivity index (χ3v) is 2.79. The number of hydrogen-bond donors (Lipinski definition) is 1. The van der Waals surface area contributed by atoms with Crippen LogP contribution in [-0.2, 0) is 9.59 Å². The van der Waals surface area contributed by atoms with Crippen molar-refractivity contribution in [2.45, 2.75) is 39.0 Å². The second-order valence-electron chi connectivity index (χ2n) is 3.85. The molecule has 1 rings (SSSR count). The van der Waals surface area contributed by atoms with E-state index in [0.29, 0.717) is 24.8 Å². The van der Waals surface area contributed by atoms with Crippen molar-refractivity contribution >= 4 is 11.9 Å². The molecule has 0 bridgehead atoms. The first-order chi connectivity index (χ1) is 6.10. The summed E-state index contributed by atoms with van der Waals surface area (Å²) in [6.07, 6.45) is 3.67. The van der Waals surface area contributed by atoms with E-state index in [1.165, 1.54) is 0 Å². The lowest BCUT2D eigenvalue weighted by Gasteiger charge is -2.22. The summed E-state index contributed by atoms with van der Waals surface area (Å²) in [5, 5.41) is 9.07. The molecule has 13 heavy (non-hydrogen) atoms. The van der Waals surface area contributed by atoms with Gasteiger partial charge in [0.25, 0.3) is 0 Å². The molecule has 0 spiro atoms. The fourth-order valence-electron chi connectivity index (χ4n) is 2.06. The molecule has 0 atom stereocenters. The van der Waals surface area contributed by atoms with Gasteiger partial charge in [-0.1, -0.05) is 12.8 Å². The van der Waals surface area contributed by atoms with Crippen LogP contribution in [0.25, 0.3) is 0 Å². The van der Waals surface area contributed by atoms with Crippen molar-refractivity contribution in [1.82, 2.24) is 0 Å². The Hall–Kier alpha value is -1.08. The van der Waals surface area contributed by atoms with Gasteiger partial charge in [0.05, 0.1) is 5.41 Å². The van der Waals surface area contributed by atoms with E-state index < -0.39 is 11.4 Å². The van der Waals surface area contributed by atoms with Crippen LogP contribution in [0.2, 0.25) is 0 Å². The van der Waals surface area contributed by atoms with Gasteiger partial charge in [0.1, 0.15) is 5.94 Å². The molecule has 0 aromatic carbocycles. The molecule has 0 unspecified atom stereocenters. The Morgan fingerprint density at radius 3 is 2.38 bits per heavy atom. The molecule has 0 aromatic heterocycles. The first-order valence-corrected chi connectivity index (χ1v) is 4.55. The highest BCUT2D eigenvalue weighted by molar-refractivity contribution is 5.76. The number of aliphatic carboxylic acids is 1.